The number of ether oxygens (including phenoxy) is 1. The van der Waals surface area contributed by atoms with Crippen molar-refractivity contribution in [2.75, 3.05) is 6.61 Å². The number of hydrogen-bond donors (Lipinski definition) is 0. The smallest absolute Gasteiger partial charge is 0.330 e. The molecule has 0 aliphatic rings. The van der Waals surface area contributed by atoms with Crippen LogP contribution in [0.25, 0.3) is 0 Å². The maximum absolute atomic E-state index is 11.7. The van der Waals surface area contributed by atoms with Gasteiger partial charge in [0.1, 0.15) is 6.10 Å². The monoisotopic (exact) mass is 468 g/mol. The zero-order valence-electron chi connectivity index (χ0n) is 22.1. The molecule has 0 radical (unpaired) electrons. The molecular formula is C25H48O4Si2. The minimum Gasteiger partial charge on any atom is -0.455 e. The average molecular weight is 469 g/mol. The molecule has 0 unspecified atom stereocenters. The predicted octanol–water partition coefficient (Wildman–Crippen LogP) is 7.41. The summed E-state index contributed by atoms with van der Waals surface area (Å²) in [4.78, 5) is 11.7. The second-order valence-electron chi connectivity index (χ2n) is 11.5. The molecule has 0 spiro atoms. The molecule has 0 aliphatic carbocycles. The van der Waals surface area contributed by atoms with Crippen LogP contribution >= 0.6 is 0 Å². The molecule has 0 fully saturated rings. The summed E-state index contributed by atoms with van der Waals surface area (Å²) in [7, 11) is -3.86. The van der Waals surface area contributed by atoms with Gasteiger partial charge in [0.05, 0.1) is 12.7 Å². The summed E-state index contributed by atoms with van der Waals surface area (Å²) in [6, 6.07) is 0. The number of carbonyl (C=O) groups excluding carboxylic acids is 1. The Morgan fingerprint density at radius 1 is 0.968 bits per heavy atom. The van der Waals surface area contributed by atoms with Gasteiger partial charge in [-0.1, -0.05) is 59.8 Å². The van der Waals surface area contributed by atoms with E-state index in [-0.39, 0.29) is 22.3 Å². The number of esters is 1. The van der Waals surface area contributed by atoms with Gasteiger partial charge < -0.3 is 13.6 Å². The van der Waals surface area contributed by atoms with Gasteiger partial charge in [-0.3, -0.25) is 0 Å². The first-order chi connectivity index (χ1) is 13.9. The molecule has 0 saturated heterocycles. The fourth-order valence-electron chi connectivity index (χ4n) is 2.50. The van der Waals surface area contributed by atoms with E-state index in [4.69, 9.17) is 13.6 Å². The lowest BCUT2D eigenvalue weighted by Crippen LogP contribution is -2.48. The third kappa shape index (κ3) is 10.5. The highest BCUT2D eigenvalue weighted by atomic mass is 28.4. The predicted molar refractivity (Wildman–Crippen MR) is 138 cm³/mol. The summed E-state index contributed by atoms with van der Waals surface area (Å²) in [5.74, 6) is -0.425. The van der Waals surface area contributed by atoms with Gasteiger partial charge in [0.25, 0.3) is 0 Å². The van der Waals surface area contributed by atoms with Crippen LogP contribution in [0, 0.1) is 0 Å². The van der Waals surface area contributed by atoms with E-state index < -0.39 is 22.6 Å². The van der Waals surface area contributed by atoms with Crippen LogP contribution in [-0.4, -0.2) is 41.4 Å². The SMILES string of the molecule is C=CC[C@@H](/C=C(\C)C[C@@H](CO[Si](C)(C)C(C)(C)C)O[Si](C)(C)C(C)(C)C)OC(=O)C=C. The van der Waals surface area contributed by atoms with Gasteiger partial charge in [0, 0.05) is 12.5 Å². The molecule has 0 aromatic carbocycles. The Balaban J connectivity index is 5.63. The molecule has 0 aliphatic heterocycles. The second-order valence-corrected chi connectivity index (χ2v) is 21.1. The highest BCUT2D eigenvalue weighted by molar-refractivity contribution is 6.74. The van der Waals surface area contributed by atoms with E-state index in [9.17, 15) is 4.79 Å². The van der Waals surface area contributed by atoms with Crippen LogP contribution in [0.2, 0.25) is 36.3 Å². The number of hydrogen-bond acceptors (Lipinski definition) is 4. The van der Waals surface area contributed by atoms with Crippen molar-refractivity contribution in [3.8, 4) is 0 Å². The molecule has 0 aromatic rings. The van der Waals surface area contributed by atoms with E-state index in [1.165, 1.54) is 6.08 Å². The molecule has 180 valence electrons. The number of carbonyl (C=O) groups is 1. The minimum atomic E-state index is -1.97. The van der Waals surface area contributed by atoms with Crippen molar-refractivity contribution in [3.05, 3.63) is 37.0 Å². The molecular weight excluding hydrogens is 420 g/mol. The van der Waals surface area contributed by atoms with E-state index in [0.717, 1.165) is 12.0 Å². The third-order valence-corrected chi connectivity index (χ3v) is 15.6. The fraction of sp³-hybridized carbons (Fsp3) is 0.720. The first-order valence-corrected chi connectivity index (χ1v) is 17.1. The summed E-state index contributed by atoms with van der Waals surface area (Å²) in [6.07, 6.45) is 5.86. The Labute approximate surface area is 194 Å². The van der Waals surface area contributed by atoms with Crippen LogP contribution in [-0.2, 0) is 18.4 Å². The molecule has 0 heterocycles. The Bertz CT molecular complexity index is 637. The molecule has 6 heteroatoms. The van der Waals surface area contributed by atoms with E-state index in [1.807, 2.05) is 6.08 Å². The quantitative estimate of drug-likeness (QED) is 0.129. The van der Waals surface area contributed by atoms with Crippen LogP contribution in [0.3, 0.4) is 0 Å². The molecule has 31 heavy (non-hydrogen) atoms. The van der Waals surface area contributed by atoms with Crippen molar-refractivity contribution in [1.82, 2.24) is 0 Å². The molecule has 0 bridgehead atoms. The average Bonchev–Trinajstić information content (AvgIpc) is 2.57. The lowest BCUT2D eigenvalue weighted by molar-refractivity contribution is -0.140. The normalized spacial score (nSPS) is 15.9. The molecule has 2 atom stereocenters. The van der Waals surface area contributed by atoms with Crippen LogP contribution in [0.4, 0.5) is 0 Å². The van der Waals surface area contributed by atoms with E-state index >= 15 is 0 Å². The zero-order chi connectivity index (χ0) is 24.7. The van der Waals surface area contributed by atoms with Crippen molar-refractivity contribution in [3.63, 3.8) is 0 Å². The van der Waals surface area contributed by atoms with Gasteiger partial charge in [-0.25, -0.2) is 4.79 Å². The van der Waals surface area contributed by atoms with E-state index in [2.05, 4.69) is 87.8 Å². The zero-order valence-corrected chi connectivity index (χ0v) is 24.1. The largest absolute Gasteiger partial charge is 0.455 e. The summed E-state index contributed by atoms with van der Waals surface area (Å²) < 4.78 is 18.8. The van der Waals surface area contributed by atoms with Crippen LogP contribution < -0.4 is 0 Å². The van der Waals surface area contributed by atoms with Crippen molar-refractivity contribution >= 4 is 22.6 Å². The second kappa shape index (κ2) is 11.8. The summed E-state index contributed by atoms with van der Waals surface area (Å²) >= 11 is 0. The number of rotatable bonds is 12. The molecule has 0 N–H and O–H groups in total. The topological polar surface area (TPSA) is 44.8 Å². The van der Waals surface area contributed by atoms with Crippen molar-refractivity contribution in [2.24, 2.45) is 0 Å². The minimum absolute atomic E-state index is 0.0363. The Kier molecular flexibility index (Phi) is 11.4. The van der Waals surface area contributed by atoms with Gasteiger partial charge in [0.15, 0.2) is 16.6 Å². The molecule has 0 rings (SSSR count). The first-order valence-electron chi connectivity index (χ1n) is 11.3. The Hall–Kier alpha value is -0.956. The van der Waals surface area contributed by atoms with E-state index in [0.29, 0.717) is 13.0 Å². The summed E-state index contributed by atoms with van der Waals surface area (Å²) in [6.45, 7) is 32.5. The lowest BCUT2D eigenvalue weighted by atomic mass is 10.1. The first kappa shape index (κ1) is 30.0. The Morgan fingerprint density at radius 3 is 1.90 bits per heavy atom. The van der Waals surface area contributed by atoms with Crippen LogP contribution in [0.1, 0.15) is 61.3 Å². The van der Waals surface area contributed by atoms with Crippen molar-refractivity contribution in [2.45, 2.75) is 110 Å². The maximum atomic E-state index is 11.7. The van der Waals surface area contributed by atoms with Gasteiger partial charge in [0.2, 0.25) is 0 Å². The van der Waals surface area contributed by atoms with Crippen molar-refractivity contribution in [1.29, 1.82) is 0 Å². The molecule has 0 amide bonds. The molecule has 4 nitrogen and oxygen atoms in total. The van der Waals surface area contributed by atoms with Gasteiger partial charge in [-0.15, -0.1) is 6.58 Å². The third-order valence-electron chi connectivity index (χ3n) is 6.56. The summed E-state index contributed by atoms with van der Waals surface area (Å²) in [5.41, 5.74) is 1.12. The van der Waals surface area contributed by atoms with Gasteiger partial charge in [-0.2, -0.15) is 0 Å². The van der Waals surface area contributed by atoms with E-state index in [1.54, 1.807) is 6.08 Å². The fourth-order valence-corrected chi connectivity index (χ4v) is 4.88. The van der Waals surface area contributed by atoms with Crippen molar-refractivity contribution < 1.29 is 18.4 Å². The lowest BCUT2D eigenvalue weighted by Gasteiger charge is -2.41. The van der Waals surface area contributed by atoms with Gasteiger partial charge >= 0.3 is 5.97 Å². The highest BCUT2D eigenvalue weighted by Gasteiger charge is 2.41. The maximum Gasteiger partial charge on any atom is 0.330 e. The standard InChI is InChI=1S/C25H48O4Si2/c1-14-16-21(28-23(26)15-2)17-20(3)18-22(29-31(12,13)25(7,8)9)19-27-30(10,11)24(4,5)6/h14-15,17,21-22H,1-2,16,18-19H2,3-13H3/b20-17+/t21-,22-/m0/s1. The molecule has 0 aromatic heterocycles. The molecule has 0 saturated carbocycles. The van der Waals surface area contributed by atoms with Gasteiger partial charge in [-0.05, 0) is 55.7 Å². The van der Waals surface area contributed by atoms with Crippen LogP contribution in [0.15, 0.2) is 37.0 Å². The van der Waals surface area contributed by atoms with Crippen LogP contribution in [0.5, 0.6) is 0 Å². The Morgan fingerprint density at radius 2 is 1.48 bits per heavy atom. The highest BCUT2D eigenvalue weighted by Crippen LogP contribution is 2.39. The summed E-state index contributed by atoms with van der Waals surface area (Å²) in [5, 5.41) is 0.262.